The number of carbonyl (C=O) groups is 1. The Morgan fingerprint density at radius 1 is 1.19 bits per heavy atom. The fraction of sp³-hybridized carbons (Fsp3) is 0.200. The first-order valence-corrected chi connectivity index (χ1v) is 10.3. The quantitative estimate of drug-likeness (QED) is 0.287. The molecule has 0 aliphatic rings. The molecule has 0 aliphatic heterocycles. The van der Waals surface area contributed by atoms with Crippen LogP contribution in [0.3, 0.4) is 0 Å². The number of halogens is 2. The Hall–Kier alpha value is -1.60. The minimum Gasteiger partial charge on any atom is -0.492 e. The van der Waals surface area contributed by atoms with Crippen LogP contribution in [0, 0.1) is 18.5 Å². The second kappa shape index (κ2) is 9.92. The number of amides is 1. The molecule has 0 bridgehead atoms. The van der Waals surface area contributed by atoms with Gasteiger partial charge in [0.25, 0.3) is 5.91 Å². The van der Waals surface area contributed by atoms with Crippen molar-refractivity contribution in [3.05, 3.63) is 60.2 Å². The molecule has 0 heterocycles. The van der Waals surface area contributed by atoms with E-state index >= 15 is 0 Å². The molecule has 0 unspecified atom stereocenters. The van der Waals surface area contributed by atoms with Crippen molar-refractivity contribution in [2.24, 2.45) is 0 Å². The Kier molecular flexibility index (Phi) is 7.90. The maximum atomic E-state index is 12.4. The predicted molar refractivity (Wildman–Crippen MR) is 121 cm³/mol. The number of hydrogen-bond acceptors (Lipinski definition) is 3. The molecule has 0 radical (unpaired) electrons. The SMILES string of the molecule is CCOc1c(I)cc(/C=C(\C#N)C(=O)Nc2ccc(CC)cc2)cc1I. The van der Waals surface area contributed by atoms with Crippen LogP contribution in [0.25, 0.3) is 6.08 Å². The number of nitrogens with one attached hydrogen (secondary N) is 1. The molecule has 2 aromatic carbocycles. The van der Waals surface area contributed by atoms with Crippen LogP contribution in [0.4, 0.5) is 5.69 Å². The van der Waals surface area contributed by atoms with Crippen LogP contribution in [-0.4, -0.2) is 12.5 Å². The highest BCUT2D eigenvalue weighted by atomic mass is 127. The van der Waals surface area contributed by atoms with Crippen molar-refractivity contribution < 1.29 is 9.53 Å². The molecule has 26 heavy (non-hydrogen) atoms. The van der Waals surface area contributed by atoms with Gasteiger partial charge in [0.15, 0.2) is 0 Å². The van der Waals surface area contributed by atoms with Crippen LogP contribution in [-0.2, 0) is 11.2 Å². The van der Waals surface area contributed by atoms with Crippen molar-refractivity contribution in [3.8, 4) is 11.8 Å². The van der Waals surface area contributed by atoms with E-state index in [1.54, 1.807) is 6.08 Å². The topological polar surface area (TPSA) is 62.1 Å². The number of benzene rings is 2. The van der Waals surface area contributed by atoms with Gasteiger partial charge >= 0.3 is 0 Å². The van der Waals surface area contributed by atoms with E-state index in [1.807, 2.05) is 49.4 Å². The number of carbonyl (C=O) groups excluding carboxylic acids is 1. The zero-order valence-corrected chi connectivity index (χ0v) is 18.8. The molecule has 0 spiro atoms. The van der Waals surface area contributed by atoms with E-state index < -0.39 is 5.91 Å². The van der Waals surface area contributed by atoms with E-state index in [1.165, 1.54) is 5.56 Å². The van der Waals surface area contributed by atoms with Gasteiger partial charge < -0.3 is 10.1 Å². The van der Waals surface area contributed by atoms with E-state index in [0.717, 1.165) is 24.9 Å². The molecule has 134 valence electrons. The predicted octanol–water partition coefficient (Wildman–Crippen LogP) is 5.40. The third-order valence-corrected chi connectivity index (χ3v) is 5.21. The van der Waals surface area contributed by atoms with Crippen molar-refractivity contribution in [2.75, 3.05) is 11.9 Å². The average molecular weight is 572 g/mol. The highest BCUT2D eigenvalue weighted by Crippen LogP contribution is 2.29. The van der Waals surface area contributed by atoms with Gasteiger partial charge in [0, 0.05) is 5.69 Å². The number of rotatable bonds is 6. The summed E-state index contributed by atoms with van der Waals surface area (Å²) >= 11 is 4.39. The molecule has 0 aliphatic carbocycles. The number of nitriles is 1. The van der Waals surface area contributed by atoms with E-state index in [9.17, 15) is 10.1 Å². The molecule has 2 aromatic rings. The molecule has 2 rings (SSSR count). The van der Waals surface area contributed by atoms with E-state index in [0.29, 0.717) is 12.3 Å². The zero-order valence-electron chi connectivity index (χ0n) is 14.5. The van der Waals surface area contributed by atoms with Gasteiger partial charge in [0.1, 0.15) is 17.4 Å². The summed E-state index contributed by atoms with van der Waals surface area (Å²) in [6.07, 6.45) is 2.53. The fourth-order valence-electron chi connectivity index (χ4n) is 2.28. The van der Waals surface area contributed by atoms with Crippen LogP contribution < -0.4 is 10.1 Å². The summed E-state index contributed by atoms with van der Waals surface area (Å²) in [5.41, 5.74) is 2.71. The summed E-state index contributed by atoms with van der Waals surface area (Å²) in [6, 6.07) is 13.4. The average Bonchev–Trinajstić information content (AvgIpc) is 2.63. The van der Waals surface area contributed by atoms with Crippen molar-refractivity contribution in [3.63, 3.8) is 0 Å². The Balaban J connectivity index is 2.23. The summed E-state index contributed by atoms with van der Waals surface area (Å²) in [4.78, 5) is 12.4. The van der Waals surface area contributed by atoms with Crippen LogP contribution in [0.15, 0.2) is 42.0 Å². The van der Waals surface area contributed by atoms with E-state index in [2.05, 4.69) is 57.4 Å². The second-order valence-corrected chi connectivity index (χ2v) is 7.75. The Morgan fingerprint density at radius 3 is 2.31 bits per heavy atom. The lowest BCUT2D eigenvalue weighted by molar-refractivity contribution is -0.112. The molecular formula is C20H18I2N2O2. The summed E-state index contributed by atoms with van der Waals surface area (Å²) in [5, 5.41) is 12.2. The number of anilines is 1. The van der Waals surface area contributed by atoms with Crippen molar-refractivity contribution in [2.45, 2.75) is 20.3 Å². The Labute approximate surface area is 180 Å². The molecule has 0 atom stereocenters. The van der Waals surface area contributed by atoms with Crippen LogP contribution in [0.1, 0.15) is 25.0 Å². The van der Waals surface area contributed by atoms with Crippen LogP contribution >= 0.6 is 45.2 Å². The zero-order chi connectivity index (χ0) is 19.1. The van der Waals surface area contributed by atoms with Gasteiger partial charge in [-0.25, -0.2) is 0 Å². The largest absolute Gasteiger partial charge is 0.492 e. The second-order valence-electron chi connectivity index (χ2n) is 5.42. The van der Waals surface area contributed by atoms with E-state index in [-0.39, 0.29) is 5.57 Å². The minimum atomic E-state index is -0.421. The monoisotopic (exact) mass is 572 g/mol. The highest BCUT2D eigenvalue weighted by Gasteiger charge is 2.12. The molecular weight excluding hydrogens is 554 g/mol. The fourth-order valence-corrected chi connectivity index (χ4v) is 4.41. The van der Waals surface area contributed by atoms with Gasteiger partial charge in [-0.1, -0.05) is 19.1 Å². The first-order chi connectivity index (χ1) is 12.5. The molecule has 0 saturated carbocycles. The molecule has 0 aromatic heterocycles. The third kappa shape index (κ3) is 5.45. The molecule has 1 amide bonds. The molecule has 6 heteroatoms. The molecule has 4 nitrogen and oxygen atoms in total. The first kappa shape index (κ1) is 20.7. The van der Waals surface area contributed by atoms with Gasteiger partial charge in [-0.05, 0) is 100.0 Å². The number of nitrogens with zero attached hydrogens (tertiary/aromatic N) is 1. The Morgan fingerprint density at radius 2 is 1.81 bits per heavy atom. The van der Waals surface area contributed by atoms with Gasteiger partial charge in [0.05, 0.1) is 13.7 Å². The maximum absolute atomic E-state index is 12.4. The van der Waals surface area contributed by atoms with Crippen LogP contribution in [0.5, 0.6) is 5.75 Å². The smallest absolute Gasteiger partial charge is 0.266 e. The summed E-state index contributed by atoms with van der Waals surface area (Å²) in [5.74, 6) is 0.403. The summed E-state index contributed by atoms with van der Waals surface area (Å²) in [7, 11) is 0. The number of aryl methyl sites for hydroxylation is 1. The highest BCUT2D eigenvalue weighted by molar-refractivity contribution is 14.1. The molecule has 0 saturated heterocycles. The van der Waals surface area contributed by atoms with Gasteiger partial charge in [-0.3, -0.25) is 4.79 Å². The summed E-state index contributed by atoms with van der Waals surface area (Å²) < 4.78 is 7.50. The van der Waals surface area contributed by atoms with Gasteiger partial charge in [-0.2, -0.15) is 5.26 Å². The van der Waals surface area contributed by atoms with Crippen molar-refractivity contribution in [1.29, 1.82) is 5.26 Å². The van der Waals surface area contributed by atoms with Gasteiger partial charge in [-0.15, -0.1) is 0 Å². The van der Waals surface area contributed by atoms with Crippen molar-refractivity contribution >= 4 is 62.9 Å². The minimum absolute atomic E-state index is 0.0559. The standard InChI is InChI=1S/C20H18I2N2O2/c1-3-13-5-7-16(8-6-13)24-20(25)15(12-23)9-14-10-17(21)19(26-4-2)18(22)11-14/h5-11H,3-4H2,1-2H3,(H,24,25)/b15-9+. The summed E-state index contributed by atoms with van der Waals surface area (Å²) in [6.45, 7) is 4.60. The van der Waals surface area contributed by atoms with E-state index in [4.69, 9.17) is 4.74 Å². The lowest BCUT2D eigenvalue weighted by Crippen LogP contribution is -2.13. The Bertz CT molecular complexity index is 845. The van der Waals surface area contributed by atoms with Crippen molar-refractivity contribution in [1.82, 2.24) is 0 Å². The van der Waals surface area contributed by atoms with Crippen LogP contribution in [0.2, 0.25) is 0 Å². The number of hydrogen-bond donors (Lipinski definition) is 1. The lowest BCUT2D eigenvalue weighted by atomic mass is 10.1. The molecule has 0 fully saturated rings. The first-order valence-electron chi connectivity index (χ1n) is 8.12. The lowest BCUT2D eigenvalue weighted by Gasteiger charge is -2.10. The third-order valence-electron chi connectivity index (χ3n) is 3.61. The normalized spacial score (nSPS) is 11.0. The maximum Gasteiger partial charge on any atom is 0.266 e. The molecule has 1 N–H and O–H groups in total. The van der Waals surface area contributed by atoms with Gasteiger partial charge in [0.2, 0.25) is 0 Å². The number of ether oxygens (including phenoxy) is 1.